The van der Waals surface area contributed by atoms with E-state index in [1.807, 2.05) is 31.4 Å². The van der Waals surface area contributed by atoms with Crippen molar-refractivity contribution < 1.29 is 0 Å². The summed E-state index contributed by atoms with van der Waals surface area (Å²) in [6, 6.07) is 12.4. The van der Waals surface area contributed by atoms with Crippen LogP contribution in [0.25, 0.3) is 22.3 Å². The van der Waals surface area contributed by atoms with Crippen LogP contribution in [0.5, 0.6) is 0 Å². The fraction of sp³-hybridized carbons (Fsp3) is 0.294. The van der Waals surface area contributed by atoms with Crippen molar-refractivity contribution in [2.45, 2.75) is 26.2 Å². The molecule has 0 aliphatic carbocycles. The first-order valence-electron chi connectivity index (χ1n) is 6.86. The van der Waals surface area contributed by atoms with Gasteiger partial charge in [-0.2, -0.15) is 0 Å². The van der Waals surface area contributed by atoms with Crippen molar-refractivity contribution in [3.05, 3.63) is 48.4 Å². The molecule has 0 atom stereocenters. The highest BCUT2D eigenvalue weighted by molar-refractivity contribution is 5.90. The highest BCUT2D eigenvalue weighted by atomic mass is 15.0. The van der Waals surface area contributed by atoms with Gasteiger partial charge in [0.2, 0.25) is 0 Å². The number of hydrogen-bond acceptors (Lipinski definition) is 2. The molecular weight excluding hydrogens is 246 g/mol. The highest BCUT2D eigenvalue weighted by Crippen LogP contribution is 2.29. The average Bonchev–Trinajstić information content (AvgIpc) is 2.80. The van der Waals surface area contributed by atoms with Crippen molar-refractivity contribution in [2.24, 2.45) is 7.05 Å². The van der Waals surface area contributed by atoms with Gasteiger partial charge in [0.05, 0.1) is 16.7 Å². The van der Waals surface area contributed by atoms with Crippen LogP contribution in [0.15, 0.2) is 42.6 Å². The van der Waals surface area contributed by atoms with Gasteiger partial charge in [-0.25, -0.2) is 9.97 Å². The summed E-state index contributed by atoms with van der Waals surface area (Å²) in [5.74, 6) is 0.884. The van der Waals surface area contributed by atoms with Gasteiger partial charge < -0.3 is 4.57 Å². The molecule has 0 bridgehead atoms. The molecule has 0 aliphatic heterocycles. The molecule has 3 rings (SSSR count). The van der Waals surface area contributed by atoms with E-state index in [0.29, 0.717) is 0 Å². The zero-order chi connectivity index (χ0) is 14.3. The minimum atomic E-state index is -0.0619. The van der Waals surface area contributed by atoms with Crippen LogP contribution in [0.3, 0.4) is 0 Å². The van der Waals surface area contributed by atoms with Gasteiger partial charge in [-0.05, 0) is 6.07 Å². The van der Waals surface area contributed by atoms with Crippen LogP contribution < -0.4 is 0 Å². The molecule has 0 amide bonds. The van der Waals surface area contributed by atoms with Crippen LogP contribution in [0, 0.1) is 0 Å². The lowest BCUT2D eigenvalue weighted by molar-refractivity contribution is 0.549. The summed E-state index contributed by atoms with van der Waals surface area (Å²) in [7, 11) is 2.04. The Morgan fingerprint density at radius 1 is 0.950 bits per heavy atom. The SMILES string of the molecule is Cn1ccc2nc(C(C)(C)C)nc(-c3ccccc3)c21. The molecule has 3 heteroatoms. The van der Waals surface area contributed by atoms with Crippen LogP contribution in [0.4, 0.5) is 0 Å². The fourth-order valence-electron chi connectivity index (χ4n) is 2.33. The molecule has 0 saturated carbocycles. The molecule has 0 fully saturated rings. The van der Waals surface area contributed by atoms with E-state index in [1.165, 1.54) is 0 Å². The number of aryl methyl sites for hydroxylation is 1. The summed E-state index contributed by atoms with van der Waals surface area (Å²) >= 11 is 0. The Balaban J connectivity index is 2.36. The van der Waals surface area contributed by atoms with Gasteiger partial charge in [0, 0.05) is 24.2 Å². The quantitative estimate of drug-likeness (QED) is 0.667. The van der Waals surface area contributed by atoms with Gasteiger partial charge in [-0.1, -0.05) is 51.1 Å². The molecule has 2 aromatic heterocycles. The van der Waals surface area contributed by atoms with Crippen LogP contribution >= 0.6 is 0 Å². The van der Waals surface area contributed by atoms with E-state index in [9.17, 15) is 0 Å². The minimum Gasteiger partial charge on any atom is -0.347 e. The van der Waals surface area contributed by atoms with E-state index in [2.05, 4.69) is 43.5 Å². The Labute approximate surface area is 119 Å². The van der Waals surface area contributed by atoms with E-state index >= 15 is 0 Å². The maximum absolute atomic E-state index is 4.84. The van der Waals surface area contributed by atoms with E-state index in [4.69, 9.17) is 9.97 Å². The predicted octanol–water partition coefficient (Wildman–Crippen LogP) is 3.93. The third kappa shape index (κ3) is 2.09. The molecule has 0 N–H and O–H groups in total. The smallest absolute Gasteiger partial charge is 0.135 e. The molecule has 0 radical (unpaired) electrons. The number of fused-ring (bicyclic) bond motifs is 1. The molecule has 0 aliphatic rings. The molecule has 3 nitrogen and oxygen atoms in total. The summed E-state index contributed by atoms with van der Waals surface area (Å²) in [5.41, 5.74) is 4.17. The highest BCUT2D eigenvalue weighted by Gasteiger charge is 2.21. The van der Waals surface area contributed by atoms with Crippen molar-refractivity contribution >= 4 is 11.0 Å². The summed E-state index contributed by atoms with van der Waals surface area (Å²) < 4.78 is 2.09. The van der Waals surface area contributed by atoms with Gasteiger partial charge in [-0.15, -0.1) is 0 Å². The molecule has 102 valence electrons. The van der Waals surface area contributed by atoms with Crippen LogP contribution in [-0.2, 0) is 12.5 Å². The fourth-order valence-corrected chi connectivity index (χ4v) is 2.33. The second kappa shape index (κ2) is 4.44. The van der Waals surface area contributed by atoms with Crippen LogP contribution in [-0.4, -0.2) is 14.5 Å². The van der Waals surface area contributed by atoms with Gasteiger partial charge in [0.15, 0.2) is 0 Å². The van der Waals surface area contributed by atoms with Crippen molar-refractivity contribution in [2.75, 3.05) is 0 Å². The number of hydrogen-bond donors (Lipinski definition) is 0. The van der Waals surface area contributed by atoms with E-state index in [1.54, 1.807) is 0 Å². The van der Waals surface area contributed by atoms with Crippen LogP contribution in [0.1, 0.15) is 26.6 Å². The van der Waals surface area contributed by atoms with E-state index < -0.39 is 0 Å². The molecule has 1 aromatic carbocycles. The number of nitrogens with zero attached hydrogens (tertiary/aromatic N) is 3. The van der Waals surface area contributed by atoms with Crippen molar-refractivity contribution in [1.82, 2.24) is 14.5 Å². The summed E-state index contributed by atoms with van der Waals surface area (Å²) in [4.78, 5) is 9.57. The Morgan fingerprint density at radius 3 is 2.30 bits per heavy atom. The number of aromatic nitrogens is 3. The first-order valence-corrected chi connectivity index (χ1v) is 6.86. The zero-order valence-electron chi connectivity index (χ0n) is 12.4. The lowest BCUT2D eigenvalue weighted by atomic mass is 9.95. The third-order valence-corrected chi connectivity index (χ3v) is 3.44. The maximum atomic E-state index is 4.84. The molecular formula is C17H19N3. The molecule has 20 heavy (non-hydrogen) atoms. The Kier molecular flexibility index (Phi) is 2.85. The molecule has 0 spiro atoms. The molecule has 3 aromatic rings. The van der Waals surface area contributed by atoms with Crippen molar-refractivity contribution in [3.8, 4) is 11.3 Å². The Bertz CT molecular complexity index is 749. The van der Waals surface area contributed by atoms with Crippen molar-refractivity contribution in [1.29, 1.82) is 0 Å². The predicted molar refractivity (Wildman–Crippen MR) is 82.6 cm³/mol. The normalized spacial score (nSPS) is 12.0. The lowest BCUT2D eigenvalue weighted by Gasteiger charge is -2.18. The maximum Gasteiger partial charge on any atom is 0.135 e. The average molecular weight is 265 g/mol. The number of rotatable bonds is 1. The molecule has 0 saturated heterocycles. The van der Waals surface area contributed by atoms with Crippen LogP contribution in [0.2, 0.25) is 0 Å². The first-order chi connectivity index (χ1) is 9.47. The second-order valence-corrected chi connectivity index (χ2v) is 6.17. The van der Waals surface area contributed by atoms with Gasteiger partial charge >= 0.3 is 0 Å². The van der Waals surface area contributed by atoms with Gasteiger partial charge in [0.1, 0.15) is 5.82 Å². The lowest BCUT2D eigenvalue weighted by Crippen LogP contribution is -2.16. The number of benzene rings is 1. The zero-order valence-corrected chi connectivity index (χ0v) is 12.4. The third-order valence-electron chi connectivity index (χ3n) is 3.44. The monoisotopic (exact) mass is 265 g/mol. The molecule has 0 unspecified atom stereocenters. The minimum absolute atomic E-state index is 0.0619. The Morgan fingerprint density at radius 2 is 1.65 bits per heavy atom. The summed E-state index contributed by atoms with van der Waals surface area (Å²) in [5, 5.41) is 0. The standard InChI is InChI=1S/C17H19N3/c1-17(2,3)16-18-13-10-11-20(4)15(13)14(19-16)12-8-6-5-7-9-12/h5-11H,1-4H3. The Hall–Kier alpha value is -2.16. The van der Waals surface area contributed by atoms with Crippen molar-refractivity contribution in [3.63, 3.8) is 0 Å². The largest absolute Gasteiger partial charge is 0.347 e. The second-order valence-electron chi connectivity index (χ2n) is 6.17. The van der Waals surface area contributed by atoms with Gasteiger partial charge in [-0.3, -0.25) is 0 Å². The molecule has 2 heterocycles. The summed E-state index contributed by atoms with van der Waals surface area (Å²) in [6.07, 6.45) is 2.04. The summed E-state index contributed by atoms with van der Waals surface area (Å²) in [6.45, 7) is 6.43. The van der Waals surface area contributed by atoms with Gasteiger partial charge in [0.25, 0.3) is 0 Å². The topological polar surface area (TPSA) is 30.7 Å². The van der Waals surface area contributed by atoms with E-state index in [-0.39, 0.29) is 5.41 Å². The first kappa shape index (κ1) is 12.9. The van der Waals surface area contributed by atoms with E-state index in [0.717, 1.165) is 28.1 Å².